The van der Waals surface area contributed by atoms with Crippen LogP contribution >= 0.6 is 0 Å². The molecule has 0 fully saturated rings. The Morgan fingerprint density at radius 1 is 1.11 bits per heavy atom. The van der Waals surface area contributed by atoms with Crippen LogP contribution in [0.2, 0.25) is 0 Å². The molecule has 0 bridgehead atoms. The van der Waals surface area contributed by atoms with Crippen molar-refractivity contribution < 1.29 is 4.79 Å². The maximum Gasteiger partial charge on any atom is 0.315 e. The molecule has 1 aromatic carbocycles. The number of carbonyl (C=O) groups excluding carboxylic acids is 1. The van der Waals surface area contributed by atoms with Crippen molar-refractivity contribution in [2.45, 2.75) is 0 Å². The SMILES string of the molecule is O=[C]Nc1nc(-c2ccccc2)nc2cc[nH]c12. The summed E-state index contributed by atoms with van der Waals surface area (Å²) in [6.07, 6.45) is 3.39. The summed E-state index contributed by atoms with van der Waals surface area (Å²) in [5.74, 6) is 0.999. The van der Waals surface area contributed by atoms with E-state index >= 15 is 0 Å². The van der Waals surface area contributed by atoms with Crippen LogP contribution in [0.5, 0.6) is 0 Å². The lowest BCUT2D eigenvalue weighted by Gasteiger charge is -2.04. The minimum Gasteiger partial charge on any atom is -0.357 e. The van der Waals surface area contributed by atoms with Crippen LogP contribution in [0.15, 0.2) is 42.6 Å². The molecule has 0 spiro atoms. The first-order chi connectivity index (χ1) is 8.88. The Morgan fingerprint density at radius 2 is 1.94 bits per heavy atom. The van der Waals surface area contributed by atoms with Gasteiger partial charge in [0.05, 0.1) is 5.52 Å². The van der Waals surface area contributed by atoms with Gasteiger partial charge in [-0.2, -0.15) is 0 Å². The van der Waals surface area contributed by atoms with Gasteiger partial charge in [-0.05, 0) is 6.07 Å². The fourth-order valence-corrected chi connectivity index (χ4v) is 1.80. The minimum absolute atomic E-state index is 0.429. The molecule has 1 amide bonds. The Hall–Kier alpha value is -2.69. The summed E-state index contributed by atoms with van der Waals surface area (Å²) in [7, 11) is 0. The zero-order valence-corrected chi connectivity index (χ0v) is 9.34. The van der Waals surface area contributed by atoms with Gasteiger partial charge in [0.2, 0.25) is 0 Å². The lowest BCUT2D eigenvalue weighted by atomic mass is 10.2. The van der Waals surface area contributed by atoms with Crippen LogP contribution in [0.4, 0.5) is 5.82 Å². The molecule has 3 aromatic rings. The fraction of sp³-hybridized carbons (Fsp3) is 0. The van der Waals surface area contributed by atoms with E-state index in [2.05, 4.69) is 20.3 Å². The molecule has 0 aliphatic rings. The summed E-state index contributed by atoms with van der Waals surface area (Å²) in [6.45, 7) is 0. The van der Waals surface area contributed by atoms with E-state index in [0.717, 1.165) is 11.1 Å². The highest BCUT2D eigenvalue weighted by Crippen LogP contribution is 2.23. The van der Waals surface area contributed by atoms with Crippen molar-refractivity contribution in [2.24, 2.45) is 0 Å². The molecule has 0 aliphatic heterocycles. The maximum absolute atomic E-state index is 10.5. The molecule has 0 saturated carbocycles. The van der Waals surface area contributed by atoms with Gasteiger partial charge in [0.15, 0.2) is 11.6 Å². The minimum atomic E-state index is 0.429. The molecule has 0 unspecified atom stereocenters. The van der Waals surface area contributed by atoms with Gasteiger partial charge in [0.25, 0.3) is 0 Å². The molecule has 1 radical (unpaired) electrons. The first kappa shape index (κ1) is 10.5. The van der Waals surface area contributed by atoms with Crippen molar-refractivity contribution in [3.05, 3.63) is 42.6 Å². The summed E-state index contributed by atoms with van der Waals surface area (Å²) >= 11 is 0. The number of hydrogen-bond acceptors (Lipinski definition) is 3. The highest BCUT2D eigenvalue weighted by Gasteiger charge is 2.09. The Labute approximate surface area is 103 Å². The predicted molar refractivity (Wildman–Crippen MR) is 68.6 cm³/mol. The van der Waals surface area contributed by atoms with Crippen LogP contribution in [0, 0.1) is 0 Å². The van der Waals surface area contributed by atoms with E-state index < -0.39 is 0 Å². The number of hydrogen-bond donors (Lipinski definition) is 2. The van der Waals surface area contributed by atoms with Gasteiger partial charge in [0.1, 0.15) is 5.52 Å². The molecule has 5 heteroatoms. The number of amides is 1. The Balaban J connectivity index is 2.21. The standard InChI is InChI=1S/C13H9N4O/c18-8-15-13-11-10(6-7-14-11)16-12(17-13)9-4-2-1-3-5-9/h1-7,14H,(H,15,16,17,18). The van der Waals surface area contributed by atoms with Crippen molar-refractivity contribution in [1.82, 2.24) is 15.0 Å². The number of fused-ring (bicyclic) bond motifs is 1. The highest BCUT2D eigenvalue weighted by molar-refractivity contribution is 5.91. The van der Waals surface area contributed by atoms with Crippen LogP contribution in [0.3, 0.4) is 0 Å². The van der Waals surface area contributed by atoms with E-state index in [1.54, 1.807) is 12.6 Å². The predicted octanol–water partition coefficient (Wildman–Crippen LogP) is 2.10. The average Bonchev–Trinajstić information content (AvgIpc) is 2.88. The van der Waals surface area contributed by atoms with Crippen LogP contribution in [0.25, 0.3) is 22.4 Å². The van der Waals surface area contributed by atoms with Crippen molar-refractivity contribution in [3.8, 4) is 11.4 Å². The van der Waals surface area contributed by atoms with Gasteiger partial charge in [-0.15, -0.1) is 0 Å². The van der Waals surface area contributed by atoms with E-state index in [-0.39, 0.29) is 0 Å². The first-order valence-corrected chi connectivity index (χ1v) is 5.42. The Kier molecular flexibility index (Phi) is 2.49. The largest absolute Gasteiger partial charge is 0.357 e. The van der Waals surface area contributed by atoms with E-state index in [4.69, 9.17) is 0 Å². The van der Waals surface area contributed by atoms with Gasteiger partial charge in [-0.3, -0.25) is 4.79 Å². The van der Waals surface area contributed by atoms with Crippen LogP contribution in [-0.2, 0) is 4.79 Å². The lowest BCUT2D eigenvalue weighted by Crippen LogP contribution is -2.00. The molecular formula is C13H9N4O. The first-order valence-electron chi connectivity index (χ1n) is 5.42. The van der Waals surface area contributed by atoms with Crippen molar-refractivity contribution in [2.75, 3.05) is 5.32 Å². The monoisotopic (exact) mass is 237 g/mol. The summed E-state index contributed by atoms with van der Waals surface area (Å²) in [4.78, 5) is 22.2. The molecule has 0 aliphatic carbocycles. The molecule has 87 valence electrons. The highest BCUT2D eigenvalue weighted by atomic mass is 16.1. The number of rotatable bonds is 3. The second-order valence-electron chi connectivity index (χ2n) is 3.73. The van der Waals surface area contributed by atoms with Crippen LogP contribution in [-0.4, -0.2) is 21.4 Å². The van der Waals surface area contributed by atoms with Crippen LogP contribution in [0.1, 0.15) is 0 Å². The third-order valence-corrected chi connectivity index (χ3v) is 2.61. The Morgan fingerprint density at radius 3 is 2.72 bits per heavy atom. The number of nitrogens with zero attached hydrogens (tertiary/aromatic N) is 2. The number of aromatic amines is 1. The maximum atomic E-state index is 10.5. The van der Waals surface area contributed by atoms with Crippen LogP contribution < -0.4 is 5.32 Å². The van der Waals surface area contributed by atoms with Gasteiger partial charge in [-0.25, -0.2) is 9.97 Å². The number of H-pyrrole nitrogens is 1. The summed E-state index contributed by atoms with van der Waals surface area (Å²) < 4.78 is 0. The topological polar surface area (TPSA) is 70.7 Å². The van der Waals surface area contributed by atoms with Crippen molar-refractivity contribution >= 4 is 23.3 Å². The van der Waals surface area contributed by atoms with Crippen molar-refractivity contribution in [3.63, 3.8) is 0 Å². The third-order valence-electron chi connectivity index (χ3n) is 2.61. The van der Waals surface area contributed by atoms with Crippen molar-refractivity contribution in [1.29, 1.82) is 0 Å². The zero-order valence-electron chi connectivity index (χ0n) is 9.34. The number of aromatic nitrogens is 3. The molecule has 3 rings (SSSR count). The average molecular weight is 237 g/mol. The molecule has 5 nitrogen and oxygen atoms in total. The molecule has 2 aromatic heterocycles. The molecular weight excluding hydrogens is 228 g/mol. The molecule has 0 saturated heterocycles. The quantitative estimate of drug-likeness (QED) is 0.685. The summed E-state index contributed by atoms with van der Waals surface area (Å²) in [6, 6.07) is 11.4. The molecule has 18 heavy (non-hydrogen) atoms. The van der Waals surface area contributed by atoms with E-state index in [9.17, 15) is 4.79 Å². The van der Waals surface area contributed by atoms with Gasteiger partial charge < -0.3 is 10.3 Å². The summed E-state index contributed by atoms with van der Waals surface area (Å²) in [5, 5.41) is 2.46. The lowest BCUT2D eigenvalue weighted by molar-refractivity contribution is 0.561. The zero-order chi connectivity index (χ0) is 12.4. The third kappa shape index (κ3) is 1.71. The Bertz CT molecular complexity index is 691. The molecule has 2 N–H and O–H groups in total. The second kappa shape index (κ2) is 4.29. The van der Waals surface area contributed by atoms with Gasteiger partial charge in [0, 0.05) is 11.8 Å². The smallest absolute Gasteiger partial charge is 0.315 e. The normalized spacial score (nSPS) is 10.4. The van der Waals surface area contributed by atoms with E-state index in [1.807, 2.05) is 36.4 Å². The fourth-order valence-electron chi connectivity index (χ4n) is 1.80. The molecule has 2 heterocycles. The number of benzene rings is 1. The van der Waals surface area contributed by atoms with Gasteiger partial charge >= 0.3 is 6.41 Å². The summed E-state index contributed by atoms with van der Waals surface area (Å²) in [5.41, 5.74) is 2.34. The van der Waals surface area contributed by atoms with E-state index in [0.29, 0.717) is 17.2 Å². The van der Waals surface area contributed by atoms with Gasteiger partial charge in [-0.1, -0.05) is 30.3 Å². The second-order valence-corrected chi connectivity index (χ2v) is 3.73. The number of anilines is 1. The van der Waals surface area contributed by atoms with E-state index in [1.165, 1.54) is 0 Å². The molecule has 0 atom stereocenters. The number of nitrogens with one attached hydrogen (secondary N) is 2.